The predicted octanol–water partition coefficient (Wildman–Crippen LogP) is 2.80. The van der Waals surface area contributed by atoms with Crippen molar-refractivity contribution >= 4 is 10.9 Å². The molecule has 0 bridgehead atoms. The van der Waals surface area contributed by atoms with Crippen molar-refractivity contribution < 1.29 is 4.90 Å². The molecule has 7 heteroatoms. The number of nitrogens with one attached hydrogen (secondary N) is 2. The monoisotopic (exact) mass is 423 g/mol. The number of benzene rings is 1. The summed E-state index contributed by atoms with van der Waals surface area (Å²) in [6, 6.07) is 6.85. The molecule has 2 heterocycles. The molecule has 1 unspecified atom stereocenters. The van der Waals surface area contributed by atoms with Crippen LogP contribution in [0, 0.1) is 13.8 Å². The van der Waals surface area contributed by atoms with E-state index in [0.29, 0.717) is 12.6 Å². The Morgan fingerprint density at radius 3 is 2.65 bits per heavy atom. The summed E-state index contributed by atoms with van der Waals surface area (Å²) in [5, 5.41) is 13.7. The van der Waals surface area contributed by atoms with Crippen molar-refractivity contribution in [2.24, 2.45) is 0 Å². The summed E-state index contributed by atoms with van der Waals surface area (Å²) in [7, 11) is 0. The second-order valence-corrected chi connectivity index (χ2v) is 9.76. The van der Waals surface area contributed by atoms with Gasteiger partial charge in [0, 0.05) is 0 Å². The minimum absolute atomic E-state index is 0.0187. The third-order valence-corrected chi connectivity index (χ3v) is 7.34. The van der Waals surface area contributed by atoms with Gasteiger partial charge in [-0.1, -0.05) is 19.1 Å². The molecular weight excluding hydrogens is 388 g/mol. The van der Waals surface area contributed by atoms with E-state index in [2.05, 4.69) is 73.3 Å². The van der Waals surface area contributed by atoms with E-state index in [4.69, 9.17) is 0 Å². The van der Waals surface area contributed by atoms with E-state index in [1.807, 2.05) is 4.68 Å². The molecule has 1 aliphatic rings. The smallest absolute Gasteiger partial charge is 0.257 e. The van der Waals surface area contributed by atoms with Gasteiger partial charge >= 0.3 is 0 Å². The van der Waals surface area contributed by atoms with Crippen molar-refractivity contribution in [2.45, 2.75) is 91.4 Å². The maximum absolute atomic E-state index is 13.0. The third-order valence-electron chi connectivity index (χ3n) is 7.34. The number of hydrogen-bond acceptors (Lipinski definition) is 4. The molecule has 1 aliphatic carbocycles. The lowest BCUT2D eigenvalue weighted by Gasteiger charge is -2.28. The Balaban J connectivity index is 1.67. The molecule has 0 spiro atoms. The number of nitrogens with zero attached hydrogens (tertiary/aromatic N) is 4. The molecule has 0 amide bonds. The van der Waals surface area contributed by atoms with Gasteiger partial charge in [0.15, 0.2) is 0 Å². The first-order chi connectivity index (χ1) is 14.8. The molecule has 4 rings (SSSR count). The maximum atomic E-state index is 13.0. The Bertz CT molecular complexity index is 1120. The van der Waals surface area contributed by atoms with E-state index in [0.717, 1.165) is 40.8 Å². The fourth-order valence-electron chi connectivity index (χ4n) is 4.77. The quantitative estimate of drug-likeness (QED) is 0.612. The molecule has 2 N–H and O–H groups in total. The maximum Gasteiger partial charge on any atom is 0.257 e. The number of quaternary nitrogens is 1. The second-order valence-electron chi connectivity index (χ2n) is 9.76. The Morgan fingerprint density at radius 1 is 1.19 bits per heavy atom. The van der Waals surface area contributed by atoms with E-state index in [9.17, 15) is 4.79 Å². The van der Waals surface area contributed by atoms with Gasteiger partial charge in [-0.05, 0) is 92.8 Å². The van der Waals surface area contributed by atoms with Gasteiger partial charge in [-0.3, -0.25) is 4.79 Å². The summed E-state index contributed by atoms with van der Waals surface area (Å²) < 4.78 is 1.97. The van der Waals surface area contributed by atoms with E-state index in [1.54, 1.807) is 0 Å². The molecule has 7 nitrogen and oxygen atoms in total. The highest BCUT2D eigenvalue weighted by molar-refractivity contribution is 5.83. The number of rotatable bonds is 7. The molecule has 1 atom stereocenters. The van der Waals surface area contributed by atoms with Gasteiger partial charge in [0.2, 0.25) is 5.82 Å². The van der Waals surface area contributed by atoms with Gasteiger partial charge in [0.25, 0.3) is 5.56 Å². The molecule has 1 fully saturated rings. The lowest BCUT2D eigenvalue weighted by Crippen LogP contribution is -3.13. The minimum atomic E-state index is -0.130. The van der Waals surface area contributed by atoms with Crippen LogP contribution in [0.25, 0.3) is 10.9 Å². The van der Waals surface area contributed by atoms with E-state index < -0.39 is 0 Å². The topological polar surface area (TPSA) is 80.9 Å². The SMILES string of the molecule is CCC(C)(C)n1nnnc1C[NH+](Cc1cc2ccc(C)c(C)c2[nH]c1=O)C1CCCC1. The van der Waals surface area contributed by atoms with Crippen molar-refractivity contribution in [3.63, 3.8) is 0 Å². The molecule has 0 radical (unpaired) electrons. The second kappa shape index (κ2) is 8.54. The Labute approximate surface area is 183 Å². The van der Waals surface area contributed by atoms with Crippen LogP contribution in [0.1, 0.15) is 75.4 Å². The molecule has 3 aromatic rings. The number of fused-ring (bicyclic) bond motifs is 1. The van der Waals surface area contributed by atoms with Crippen LogP contribution in [0.2, 0.25) is 0 Å². The zero-order valence-electron chi connectivity index (χ0n) is 19.5. The fourth-order valence-corrected chi connectivity index (χ4v) is 4.77. The highest BCUT2D eigenvalue weighted by atomic mass is 16.1. The minimum Gasteiger partial charge on any atom is -0.322 e. The van der Waals surface area contributed by atoms with Crippen molar-refractivity contribution in [3.8, 4) is 0 Å². The third kappa shape index (κ3) is 4.28. The van der Waals surface area contributed by atoms with E-state index >= 15 is 0 Å². The molecule has 166 valence electrons. The van der Waals surface area contributed by atoms with Gasteiger partial charge in [-0.2, -0.15) is 0 Å². The summed E-state index contributed by atoms with van der Waals surface area (Å²) in [5.74, 6) is 0.900. The first-order valence-corrected chi connectivity index (χ1v) is 11.5. The number of aromatic amines is 1. The Hall–Kier alpha value is -2.54. The zero-order chi connectivity index (χ0) is 22.2. The number of aromatic nitrogens is 5. The van der Waals surface area contributed by atoms with Gasteiger partial charge in [0.05, 0.1) is 22.7 Å². The molecular formula is C24H35N6O+. The van der Waals surface area contributed by atoms with Gasteiger partial charge in [-0.15, -0.1) is 5.10 Å². The molecule has 31 heavy (non-hydrogen) atoms. The van der Waals surface area contributed by atoms with Crippen LogP contribution in [-0.4, -0.2) is 31.2 Å². The lowest BCUT2D eigenvalue weighted by molar-refractivity contribution is -0.952. The fraction of sp³-hybridized carbons (Fsp3) is 0.583. The van der Waals surface area contributed by atoms with E-state index in [1.165, 1.54) is 36.1 Å². The van der Waals surface area contributed by atoms with Crippen molar-refractivity contribution in [2.75, 3.05) is 0 Å². The van der Waals surface area contributed by atoms with Gasteiger partial charge < -0.3 is 9.88 Å². The Kier molecular flexibility index (Phi) is 5.97. The van der Waals surface area contributed by atoms with Crippen LogP contribution < -0.4 is 10.5 Å². The van der Waals surface area contributed by atoms with Crippen LogP contribution in [0.5, 0.6) is 0 Å². The standard InChI is InChI=1S/C24H34N6O/c1-6-24(4,5)30-21(26-27-28-30)15-29(20-9-7-8-10-20)14-19-13-18-12-11-16(2)17(3)22(18)25-23(19)31/h11-13,20H,6-10,14-15H2,1-5H3,(H,25,31)/p+1. The van der Waals surface area contributed by atoms with Crippen LogP contribution in [-0.2, 0) is 18.6 Å². The highest BCUT2D eigenvalue weighted by Crippen LogP contribution is 2.21. The summed E-state index contributed by atoms with van der Waals surface area (Å²) in [4.78, 5) is 17.5. The van der Waals surface area contributed by atoms with Crippen LogP contribution in [0.3, 0.4) is 0 Å². The summed E-state index contributed by atoms with van der Waals surface area (Å²) in [6.45, 7) is 12.0. The zero-order valence-corrected chi connectivity index (χ0v) is 19.5. The van der Waals surface area contributed by atoms with Gasteiger partial charge in [-0.25, -0.2) is 4.68 Å². The number of H-pyrrole nitrogens is 1. The lowest BCUT2D eigenvalue weighted by atomic mass is 10.0. The summed E-state index contributed by atoms with van der Waals surface area (Å²) in [6.07, 6.45) is 5.85. The molecule has 0 saturated heterocycles. The van der Waals surface area contributed by atoms with Crippen molar-refractivity contribution in [1.82, 2.24) is 25.2 Å². The number of pyridine rings is 1. The van der Waals surface area contributed by atoms with E-state index in [-0.39, 0.29) is 11.1 Å². The number of hydrogen-bond donors (Lipinski definition) is 2. The largest absolute Gasteiger partial charge is 0.322 e. The molecule has 1 aromatic carbocycles. The predicted molar refractivity (Wildman–Crippen MR) is 122 cm³/mol. The molecule has 2 aromatic heterocycles. The molecule has 0 aliphatic heterocycles. The average Bonchev–Trinajstić information content (AvgIpc) is 3.44. The van der Waals surface area contributed by atoms with Crippen molar-refractivity contribution in [3.05, 3.63) is 51.1 Å². The number of aryl methyl sites for hydroxylation is 2. The van der Waals surface area contributed by atoms with Crippen LogP contribution >= 0.6 is 0 Å². The van der Waals surface area contributed by atoms with Crippen LogP contribution in [0.4, 0.5) is 0 Å². The Morgan fingerprint density at radius 2 is 1.94 bits per heavy atom. The van der Waals surface area contributed by atoms with Crippen LogP contribution in [0.15, 0.2) is 23.0 Å². The van der Waals surface area contributed by atoms with Crippen molar-refractivity contribution in [1.29, 1.82) is 0 Å². The summed E-state index contributed by atoms with van der Waals surface area (Å²) >= 11 is 0. The molecule has 1 saturated carbocycles. The van der Waals surface area contributed by atoms with Gasteiger partial charge in [0.1, 0.15) is 13.1 Å². The highest BCUT2D eigenvalue weighted by Gasteiger charge is 2.31. The average molecular weight is 424 g/mol. The first kappa shape index (κ1) is 21.7. The summed E-state index contributed by atoms with van der Waals surface area (Å²) in [5.41, 5.74) is 4.01. The first-order valence-electron chi connectivity index (χ1n) is 11.5. The number of tetrazole rings is 1. The normalized spacial score (nSPS) is 16.3.